The number of amides is 2. The van der Waals surface area contributed by atoms with E-state index in [0.717, 1.165) is 16.8 Å². The Morgan fingerprint density at radius 3 is 2.74 bits per heavy atom. The van der Waals surface area contributed by atoms with Crippen LogP contribution in [0.4, 0.5) is 5.69 Å². The van der Waals surface area contributed by atoms with Crippen molar-refractivity contribution < 1.29 is 14.0 Å². The number of hydrogen-bond donors (Lipinski definition) is 2. The highest BCUT2D eigenvalue weighted by Crippen LogP contribution is 2.21. The maximum absolute atomic E-state index is 12.4. The lowest BCUT2D eigenvalue weighted by Gasteiger charge is -2.13. The minimum Gasteiger partial charge on any atom is -0.417 e. The monoisotopic (exact) mass is 362 g/mol. The molecule has 0 aliphatic carbocycles. The average Bonchev–Trinajstić information content (AvgIpc) is 3.09. The lowest BCUT2D eigenvalue weighted by atomic mass is 10.1. The zero-order valence-electron chi connectivity index (χ0n) is 14.5. The largest absolute Gasteiger partial charge is 0.417 e. The highest BCUT2D eigenvalue weighted by Gasteiger charge is 2.27. The predicted molar refractivity (Wildman–Crippen MR) is 98.2 cm³/mol. The van der Waals surface area contributed by atoms with Gasteiger partial charge in [-0.2, -0.15) is 0 Å². The van der Waals surface area contributed by atoms with Gasteiger partial charge < -0.3 is 15.1 Å². The van der Waals surface area contributed by atoms with Gasteiger partial charge in [-0.05, 0) is 30.0 Å². The van der Waals surface area contributed by atoms with Crippen LogP contribution in [0, 0.1) is 0 Å². The molecule has 1 atom stereocenters. The summed E-state index contributed by atoms with van der Waals surface area (Å²) in [6.07, 6.45) is 1.63. The quantitative estimate of drug-likeness (QED) is 0.742. The molecule has 0 saturated carbocycles. The van der Waals surface area contributed by atoms with Crippen LogP contribution < -0.4 is 10.6 Å². The Hall–Kier alpha value is -3.48. The molecule has 3 aromatic rings. The SMILES string of the molecule is O=C(N[C@H]1CCc2ccccc2NC1=O)c1nnc(Cc2ccccc2)o1. The van der Waals surface area contributed by atoms with Crippen molar-refractivity contribution >= 4 is 17.5 Å². The first-order valence-corrected chi connectivity index (χ1v) is 8.75. The Balaban J connectivity index is 1.41. The van der Waals surface area contributed by atoms with Crippen molar-refractivity contribution in [2.75, 3.05) is 5.32 Å². The third kappa shape index (κ3) is 3.87. The Morgan fingerprint density at radius 2 is 1.89 bits per heavy atom. The molecule has 0 spiro atoms. The van der Waals surface area contributed by atoms with E-state index in [1.54, 1.807) is 0 Å². The van der Waals surface area contributed by atoms with Gasteiger partial charge in [0.1, 0.15) is 6.04 Å². The molecule has 0 bridgehead atoms. The molecule has 27 heavy (non-hydrogen) atoms. The summed E-state index contributed by atoms with van der Waals surface area (Å²) in [6.45, 7) is 0. The summed E-state index contributed by atoms with van der Waals surface area (Å²) < 4.78 is 5.45. The van der Waals surface area contributed by atoms with E-state index in [0.29, 0.717) is 25.2 Å². The number of anilines is 1. The molecule has 2 heterocycles. The zero-order valence-corrected chi connectivity index (χ0v) is 14.5. The van der Waals surface area contributed by atoms with Gasteiger partial charge in [-0.1, -0.05) is 48.5 Å². The molecular weight excluding hydrogens is 344 g/mol. The van der Waals surface area contributed by atoms with Crippen LogP contribution in [0.15, 0.2) is 59.0 Å². The number of para-hydroxylation sites is 1. The van der Waals surface area contributed by atoms with Crippen molar-refractivity contribution in [2.45, 2.75) is 25.3 Å². The molecule has 1 aromatic heterocycles. The maximum Gasteiger partial charge on any atom is 0.309 e. The van der Waals surface area contributed by atoms with Gasteiger partial charge in [-0.15, -0.1) is 10.2 Å². The van der Waals surface area contributed by atoms with Crippen molar-refractivity contribution in [1.29, 1.82) is 0 Å². The molecule has 2 N–H and O–H groups in total. The van der Waals surface area contributed by atoms with E-state index in [-0.39, 0.29) is 11.8 Å². The van der Waals surface area contributed by atoms with Crippen molar-refractivity contribution in [3.8, 4) is 0 Å². The van der Waals surface area contributed by atoms with Gasteiger partial charge >= 0.3 is 11.8 Å². The third-order valence-corrected chi connectivity index (χ3v) is 4.46. The van der Waals surface area contributed by atoms with Crippen LogP contribution in [0.5, 0.6) is 0 Å². The average molecular weight is 362 g/mol. The Morgan fingerprint density at radius 1 is 1.11 bits per heavy atom. The van der Waals surface area contributed by atoms with E-state index in [1.807, 2.05) is 54.6 Å². The van der Waals surface area contributed by atoms with Crippen LogP contribution >= 0.6 is 0 Å². The number of carbonyl (C=O) groups excluding carboxylic acids is 2. The second kappa shape index (κ2) is 7.41. The summed E-state index contributed by atoms with van der Waals surface area (Å²) in [6, 6.07) is 16.6. The molecule has 1 aliphatic rings. The van der Waals surface area contributed by atoms with Crippen LogP contribution in [0.25, 0.3) is 0 Å². The van der Waals surface area contributed by atoms with Crippen LogP contribution in [-0.2, 0) is 17.6 Å². The van der Waals surface area contributed by atoms with Crippen LogP contribution in [-0.4, -0.2) is 28.1 Å². The number of nitrogens with zero attached hydrogens (tertiary/aromatic N) is 2. The van der Waals surface area contributed by atoms with Gasteiger partial charge in [-0.3, -0.25) is 9.59 Å². The smallest absolute Gasteiger partial charge is 0.309 e. The van der Waals surface area contributed by atoms with Gasteiger partial charge in [-0.25, -0.2) is 0 Å². The summed E-state index contributed by atoms with van der Waals surface area (Å²) >= 11 is 0. The minimum absolute atomic E-state index is 0.143. The molecule has 0 saturated heterocycles. The topological polar surface area (TPSA) is 97.1 Å². The number of nitrogens with one attached hydrogen (secondary N) is 2. The summed E-state index contributed by atoms with van der Waals surface area (Å²) in [5.74, 6) is -0.593. The molecule has 7 heteroatoms. The van der Waals surface area contributed by atoms with Crippen LogP contribution in [0.3, 0.4) is 0 Å². The van der Waals surface area contributed by atoms with Gasteiger partial charge in [0.25, 0.3) is 0 Å². The van der Waals surface area contributed by atoms with Crippen molar-refractivity contribution in [3.05, 3.63) is 77.5 Å². The van der Waals surface area contributed by atoms with Gasteiger partial charge in [0.05, 0.1) is 6.42 Å². The molecule has 0 unspecified atom stereocenters. The molecule has 0 fully saturated rings. The zero-order chi connectivity index (χ0) is 18.6. The number of carbonyl (C=O) groups is 2. The van der Waals surface area contributed by atoms with Crippen molar-refractivity contribution in [3.63, 3.8) is 0 Å². The van der Waals surface area contributed by atoms with Crippen LogP contribution in [0.1, 0.15) is 34.1 Å². The maximum atomic E-state index is 12.4. The number of aromatic nitrogens is 2. The second-order valence-corrected chi connectivity index (χ2v) is 6.37. The molecule has 4 rings (SSSR count). The lowest BCUT2D eigenvalue weighted by molar-refractivity contribution is -0.118. The Bertz CT molecular complexity index is 968. The summed E-state index contributed by atoms with van der Waals surface area (Å²) in [5, 5.41) is 13.3. The molecule has 1 aliphatic heterocycles. The van der Waals surface area contributed by atoms with Crippen molar-refractivity contribution in [1.82, 2.24) is 15.5 Å². The third-order valence-electron chi connectivity index (χ3n) is 4.46. The summed E-state index contributed by atoms with van der Waals surface area (Å²) in [7, 11) is 0. The van der Waals surface area contributed by atoms with E-state index in [2.05, 4.69) is 20.8 Å². The molecular formula is C20H18N4O3. The number of hydrogen-bond acceptors (Lipinski definition) is 5. The number of fused-ring (bicyclic) bond motifs is 1. The van der Waals surface area contributed by atoms with Crippen molar-refractivity contribution in [2.24, 2.45) is 0 Å². The summed E-state index contributed by atoms with van der Waals surface area (Å²) in [5.41, 5.74) is 2.83. The highest BCUT2D eigenvalue weighted by atomic mass is 16.4. The van der Waals surface area contributed by atoms with Gasteiger partial charge in [0, 0.05) is 5.69 Å². The lowest BCUT2D eigenvalue weighted by Crippen LogP contribution is -2.43. The predicted octanol–water partition coefficient (Wildman–Crippen LogP) is 2.34. The van der Waals surface area contributed by atoms with Crippen LogP contribution in [0.2, 0.25) is 0 Å². The van der Waals surface area contributed by atoms with Gasteiger partial charge in [0.15, 0.2) is 0 Å². The fraction of sp³-hybridized carbons (Fsp3) is 0.200. The summed E-state index contributed by atoms with van der Waals surface area (Å²) in [4.78, 5) is 24.8. The molecule has 136 valence electrons. The van der Waals surface area contributed by atoms with E-state index in [9.17, 15) is 9.59 Å². The minimum atomic E-state index is -0.658. The fourth-order valence-corrected chi connectivity index (χ4v) is 3.06. The van der Waals surface area contributed by atoms with E-state index >= 15 is 0 Å². The Labute approximate surface area is 155 Å². The first-order chi connectivity index (χ1) is 13.2. The number of rotatable bonds is 4. The highest BCUT2D eigenvalue weighted by molar-refractivity contribution is 6.00. The molecule has 0 radical (unpaired) electrons. The first kappa shape index (κ1) is 17.0. The molecule has 2 aromatic carbocycles. The fourth-order valence-electron chi connectivity index (χ4n) is 3.06. The van der Waals surface area contributed by atoms with E-state index < -0.39 is 11.9 Å². The van der Waals surface area contributed by atoms with E-state index in [4.69, 9.17) is 4.42 Å². The van der Waals surface area contributed by atoms with E-state index in [1.165, 1.54) is 0 Å². The normalized spacial score (nSPS) is 16.1. The van der Waals surface area contributed by atoms with Gasteiger partial charge in [0.2, 0.25) is 11.8 Å². The Kier molecular flexibility index (Phi) is 4.65. The standard InChI is InChI=1S/C20H18N4O3/c25-18-16(11-10-14-8-4-5-9-15(14)21-18)22-19(26)20-24-23-17(27-20)12-13-6-2-1-3-7-13/h1-9,16H,10-12H2,(H,21,25)(H,22,26)/t16-/m0/s1. The number of benzene rings is 2. The molecule has 7 nitrogen and oxygen atoms in total. The second-order valence-electron chi connectivity index (χ2n) is 6.37. The number of aryl methyl sites for hydroxylation is 1. The first-order valence-electron chi connectivity index (χ1n) is 8.75. The molecule has 2 amide bonds.